The Labute approximate surface area is 240 Å². The lowest BCUT2D eigenvalue weighted by atomic mass is 9.72. The lowest BCUT2D eigenvalue weighted by Crippen LogP contribution is -2.52. The van der Waals surface area contributed by atoms with Crippen molar-refractivity contribution >= 4 is 18.0 Å². The number of nitrogens with one attached hydrogen (secondary N) is 1. The van der Waals surface area contributed by atoms with E-state index in [2.05, 4.69) is 32.2 Å². The second-order valence-corrected chi connectivity index (χ2v) is 14.4. The van der Waals surface area contributed by atoms with Gasteiger partial charge in [-0.15, -0.1) is 0 Å². The van der Waals surface area contributed by atoms with Crippen LogP contribution in [0.3, 0.4) is 0 Å². The molecule has 1 aromatic carbocycles. The molecule has 2 aliphatic rings. The van der Waals surface area contributed by atoms with E-state index >= 15 is 0 Å². The van der Waals surface area contributed by atoms with Crippen LogP contribution in [0.5, 0.6) is 5.75 Å². The fraction of sp³-hybridized carbons (Fsp3) is 0.719. The van der Waals surface area contributed by atoms with Crippen molar-refractivity contribution in [3.05, 3.63) is 29.3 Å². The normalized spacial score (nSPS) is 20.7. The van der Waals surface area contributed by atoms with Crippen LogP contribution in [-0.2, 0) is 32.0 Å². The minimum absolute atomic E-state index is 0.242. The van der Waals surface area contributed by atoms with E-state index in [-0.39, 0.29) is 18.4 Å². The molecule has 1 saturated carbocycles. The van der Waals surface area contributed by atoms with Gasteiger partial charge in [-0.3, -0.25) is 9.59 Å². The minimum atomic E-state index is -1.09. The third kappa shape index (κ3) is 9.70. The standard InChI is InChI=1S/C32H50N2O6/c1-30(2,3)23-11-14-24(15-12-23)38-25-13-10-22-20-34(17-16-21(22)18-25)28(36)26(19-27(35)39-31(4,5)6)33-29(37)40-32(7,8)9/h10,13,18,23-24,26H,11-12,14-17,19-20H2,1-9H3,(H,33,37). The number of benzene rings is 1. The highest BCUT2D eigenvalue weighted by molar-refractivity contribution is 5.90. The summed E-state index contributed by atoms with van der Waals surface area (Å²) in [5.74, 6) is 0.728. The molecule has 8 nitrogen and oxygen atoms in total. The Hall–Kier alpha value is -2.77. The van der Waals surface area contributed by atoms with Crippen LogP contribution in [0.1, 0.15) is 106 Å². The van der Waals surface area contributed by atoms with Gasteiger partial charge in [-0.05, 0) is 108 Å². The zero-order valence-electron chi connectivity index (χ0n) is 26.0. The lowest BCUT2D eigenvalue weighted by molar-refractivity contribution is -0.157. The molecule has 1 fully saturated rings. The summed E-state index contributed by atoms with van der Waals surface area (Å²) in [6.45, 7) is 18.4. The average molecular weight is 559 g/mol. The number of alkyl carbamates (subject to hydrolysis) is 1. The van der Waals surface area contributed by atoms with Crippen molar-refractivity contribution in [2.75, 3.05) is 6.54 Å². The second-order valence-electron chi connectivity index (χ2n) is 14.4. The number of amides is 2. The molecule has 1 aliphatic carbocycles. The largest absolute Gasteiger partial charge is 0.490 e. The van der Waals surface area contributed by atoms with Crippen molar-refractivity contribution in [2.24, 2.45) is 11.3 Å². The SMILES string of the molecule is CC(C)(C)OC(=O)CC(NC(=O)OC(C)(C)C)C(=O)N1CCc2cc(OC3CCC(C(C)(C)C)CC3)ccc2C1. The van der Waals surface area contributed by atoms with Crippen LogP contribution in [0, 0.1) is 11.3 Å². The molecule has 1 aromatic rings. The summed E-state index contributed by atoms with van der Waals surface area (Å²) < 4.78 is 17.2. The van der Waals surface area contributed by atoms with Gasteiger partial charge in [0.15, 0.2) is 0 Å². The smallest absolute Gasteiger partial charge is 0.408 e. The van der Waals surface area contributed by atoms with Crippen LogP contribution in [0.4, 0.5) is 4.79 Å². The van der Waals surface area contributed by atoms with Crippen LogP contribution in [-0.4, -0.2) is 52.8 Å². The van der Waals surface area contributed by atoms with E-state index in [0.717, 1.165) is 35.6 Å². The van der Waals surface area contributed by atoms with E-state index in [1.807, 2.05) is 12.1 Å². The van der Waals surface area contributed by atoms with Gasteiger partial charge >= 0.3 is 12.1 Å². The van der Waals surface area contributed by atoms with Crippen molar-refractivity contribution in [2.45, 2.75) is 131 Å². The first-order chi connectivity index (χ1) is 18.4. The zero-order chi connectivity index (χ0) is 29.9. The maximum absolute atomic E-state index is 13.6. The van der Waals surface area contributed by atoms with E-state index in [4.69, 9.17) is 14.2 Å². The van der Waals surface area contributed by atoms with Crippen LogP contribution in [0.25, 0.3) is 0 Å². The van der Waals surface area contributed by atoms with Gasteiger partial charge in [-0.2, -0.15) is 0 Å². The first kappa shape index (κ1) is 31.8. The predicted octanol–water partition coefficient (Wildman–Crippen LogP) is 6.18. The molecule has 1 N–H and O–H groups in total. The van der Waals surface area contributed by atoms with Crippen molar-refractivity contribution < 1.29 is 28.6 Å². The molecular weight excluding hydrogens is 508 g/mol. The van der Waals surface area contributed by atoms with Crippen LogP contribution < -0.4 is 10.1 Å². The first-order valence-corrected chi connectivity index (χ1v) is 14.7. The monoisotopic (exact) mass is 558 g/mol. The van der Waals surface area contributed by atoms with E-state index in [1.165, 1.54) is 12.8 Å². The number of carbonyl (C=O) groups excluding carboxylic acids is 3. The molecule has 0 radical (unpaired) electrons. The Morgan fingerprint density at radius 2 is 1.52 bits per heavy atom. The maximum Gasteiger partial charge on any atom is 0.408 e. The minimum Gasteiger partial charge on any atom is -0.490 e. The van der Waals surface area contributed by atoms with E-state index in [9.17, 15) is 14.4 Å². The summed E-state index contributed by atoms with van der Waals surface area (Å²) in [5, 5.41) is 2.60. The Kier molecular flexibility index (Phi) is 9.84. The number of rotatable bonds is 6. The highest BCUT2D eigenvalue weighted by Crippen LogP contribution is 2.39. The molecular formula is C32H50N2O6. The molecule has 0 bridgehead atoms. The fourth-order valence-electron chi connectivity index (χ4n) is 5.45. The van der Waals surface area contributed by atoms with Crippen molar-refractivity contribution in [3.63, 3.8) is 0 Å². The zero-order valence-corrected chi connectivity index (χ0v) is 26.0. The third-order valence-electron chi connectivity index (χ3n) is 7.48. The molecule has 1 heterocycles. The molecule has 0 aromatic heterocycles. The van der Waals surface area contributed by atoms with Crippen LogP contribution in [0.15, 0.2) is 18.2 Å². The number of carbonyl (C=O) groups is 3. The van der Waals surface area contributed by atoms with E-state index in [0.29, 0.717) is 24.9 Å². The molecule has 3 rings (SSSR count). The number of esters is 1. The molecule has 2 amide bonds. The molecule has 40 heavy (non-hydrogen) atoms. The van der Waals surface area contributed by atoms with Crippen LogP contribution in [0.2, 0.25) is 0 Å². The van der Waals surface area contributed by atoms with Gasteiger partial charge in [0, 0.05) is 13.1 Å². The topological polar surface area (TPSA) is 94.2 Å². The molecule has 1 atom stereocenters. The van der Waals surface area contributed by atoms with Crippen molar-refractivity contribution in [3.8, 4) is 5.75 Å². The fourth-order valence-corrected chi connectivity index (χ4v) is 5.45. The predicted molar refractivity (Wildman–Crippen MR) is 155 cm³/mol. The Morgan fingerprint density at radius 3 is 2.10 bits per heavy atom. The van der Waals surface area contributed by atoms with Gasteiger partial charge in [-0.25, -0.2) is 4.79 Å². The Bertz CT molecular complexity index is 1020. The highest BCUT2D eigenvalue weighted by atomic mass is 16.6. The molecule has 8 heteroatoms. The molecule has 1 unspecified atom stereocenters. The highest BCUT2D eigenvalue weighted by Gasteiger charge is 2.34. The van der Waals surface area contributed by atoms with Gasteiger partial charge < -0.3 is 24.4 Å². The number of nitrogens with zero attached hydrogens (tertiary/aromatic N) is 1. The number of ether oxygens (including phenoxy) is 3. The maximum atomic E-state index is 13.6. The van der Waals surface area contributed by atoms with Gasteiger partial charge in [0.25, 0.3) is 0 Å². The van der Waals surface area contributed by atoms with Gasteiger partial charge in [0.05, 0.1) is 12.5 Å². The number of fused-ring (bicyclic) bond motifs is 1. The molecule has 1 aliphatic heterocycles. The average Bonchev–Trinajstić information content (AvgIpc) is 2.80. The Morgan fingerprint density at radius 1 is 0.900 bits per heavy atom. The third-order valence-corrected chi connectivity index (χ3v) is 7.48. The van der Waals surface area contributed by atoms with E-state index in [1.54, 1.807) is 46.4 Å². The summed E-state index contributed by atoms with van der Waals surface area (Å²) in [6, 6.07) is 5.02. The van der Waals surface area contributed by atoms with Gasteiger partial charge in [0.1, 0.15) is 23.0 Å². The van der Waals surface area contributed by atoms with E-state index < -0.39 is 29.3 Å². The summed E-state index contributed by atoms with van der Waals surface area (Å²) in [5.41, 5.74) is 1.10. The number of hydrogen-bond acceptors (Lipinski definition) is 6. The quantitative estimate of drug-likeness (QED) is 0.419. The van der Waals surface area contributed by atoms with Crippen LogP contribution >= 0.6 is 0 Å². The Balaban J connectivity index is 1.65. The summed E-state index contributed by atoms with van der Waals surface area (Å²) >= 11 is 0. The van der Waals surface area contributed by atoms with Crippen molar-refractivity contribution in [1.29, 1.82) is 0 Å². The van der Waals surface area contributed by atoms with Gasteiger partial charge in [0.2, 0.25) is 5.91 Å². The number of hydrogen-bond donors (Lipinski definition) is 1. The molecule has 0 spiro atoms. The lowest BCUT2D eigenvalue weighted by Gasteiger charge is -2.37. The van der Waals surface area contributed by atoms with Crippen molar-refractivity contribution in [1.82, 2.24) is 10.2 Å². The summed E-state index contributed by atoms with van der Waals surface area (Å²) in [4.78, 5) is 40.4. The second kappa shape index (κ2) is 12.4. The summed E-state index contributed by atoms with van der Waals surface area (Å²) in [7, 11) is 0. The molecule has 0 saturated heterocycles. The first-order valence-electron chi connectivity index (χ1n) is 14.7. The molecule has 224 valence electrons. The van der Waals surface area contributed by atoms with Gasteiger partial charge in [-0.1, -0.05) is 26.8 Å². The summed E-state index contributed by atoms with van der Waals surface area (Å²) in [6.07, 6.45) is 4.42.